The van der Waals surface area contributed by atoms with Gasteiger partial charge in [0.1, 0.15) is 6.10 Å². The van der Waals surface area contributed by atoms with Gasteiger partial charge in [-0.05, 0) is 13.8 Å². The summed E-state index contributed by atoms with van der Waals surface area (Å²) in [5.41, 5.74) is 5.19. The van der Waals surface area contributed by atoms with E-state index in [1.807, 2.05) is 0 Å². The summed E-state index contributed by atoms with van der Waals surface area (Å²) in [5.74, 6) is 0. The van der Waals surface area contributed by atoms with Gasteiger partial charge in [0.25, 0.3) is 0 Å². The molecule has 6 nitrogen and oxygen atoms in total. The fourth-order valence-corrected chi connectivity index (χ4v) is 1.08. The summed E-state index contributed by atoms with van der Waals surface area (Å²) in [6.45, 7) is 3.59. The van der Waals surface area contributed by atoms with Crippen molar-refractivity contribution in [3.63, 3.8) is 0 Å². The third-order valence-electron chi connectivity index (χ3n) is 1.14. The summed E-state index contributed by atoms with van der Waals surface area (Å²) >= 11 is 0. The van der Waals surface area contributed by atoms with Gasteiger partial charge >= 0.3 is 10.4 Å². The lowest BCUT2D eigenvalue weighted by Crippen LogP contribution is -2.32. The fraction of sp³-hybridized carbons (Fsp3) is 1.00. The lowest BCUT2D eigenvalue weighted by atomic mass is 10.4. The minimum Gasteiger partial charge on any atom is -0.376 e. The average Bonchev–Trinajstić information content (AvgIpc) is 1.95. The number of rotatable bonds is 6. The molecule has 0 amide bonds. The van der Waals surface area contributed by atoms with Crippen LogP contribution in [0.25, 0.3) is 0 Å². The Bertz CT molecular complexity index is 225. The van der Waals surface area contributed by atoms with Gasteiger partial charge in [-0.15, -0.1) is 0 Å². The molecule has 0 rings (SSSR count). The van der Waals surface area contributed by atoms with Crippen molar-refractivity contribution in [2.45, 2.75) is 26.1 Å². The van der Waals surface area contributed by atoms with Crippen molar-refractivity contribution < 1.29 is 21.9 Å². The maximum Gasteiger partial charge on any atom is 0.397 e. The quantitative estimate of drug-likeness (QED) is 0.580. The Morgan fingerprint density at radius 1 is 1.46 bits per heavy atom. The zero-order chi connectivity index (χ0) is 10.5. The fourth-order valence-electron chi connectivity index (χ4n) is 0.607. The minimum atomic E-state index is -4.44. The Labute approximate surface area is 78.0 Å². The molecule has 13 heavy (non-hydrogen) atoms. The Morgan fingerprint density at radius 2 is 2.00 bits per heavy atom. The molecule has 1 atom stereocenters. The highest BCUT2D eigenvalue weighted by atomic mass is 32.3. The molecule has 80 valence electrons. The molecule has 0 aromatic carbocycles. The van der Waals surface area contributed by atoms with Gasteiger partial charge in [0.2, 0.25) is 0 Å². The average molecular weight is 213 g/mol. The van der Waals surface area contributed by atoms with E-state index in [9.17, 15) is 8.42 Å². The van der Waals surface area contributed by atoms with E-state index in [2.05, 4.69) is 4.18 Å². The Morgan fingerprint density at radius 3 is 2.31 bits per heavy atom. The predicted molar refractivity (Wildman–Crippen MR) is 46.6 cm³/mol. The van der Waals surface area contributed by atoms with Gasteiger partial charge in [0.05, 0.1) is 12.7 Å². The molecule has 0 aliphatic rings. The van der Waals surface area contributed by atoms with E-state index in [1.54, 1.807) is 13.8 Å². The van der Waals surface area contributed by atoms with Crippen LogP contribution in [-0.2, 0) is 19.3 Å². The SMILES string of the molecule is CC(C)OCC(CN)OS(=O)(=O)O. The second-order valence-corrected chi connectivity index (χ2v) is 3.81. The molecule has 0 saturated carbocycles. The van der Waals surface area contributed by atoms with Crippen molar-refractivity contribution in [1.82, 2.24) is 0 Å². The van der Waals surface area contributed by atoms with Crippen LogP contribution in [-0.4, -0.2) is 38.3 Å². The van der Waals surface area contributed by atoms with Gasteiger partial charge in [-0.25, -0.2) is 4.18 Å². The van der Waals surface area contributed by atoms with E-state index < -0.39 is 16.5 Å². The monoisotopic (exact) mass is 213 g/mol. The van der Waals surface area contributed by atoms with Gasteiger partial charge in [-0.2, -0.15) is 8.42 Å². The van der Waals surface area contributed by atoms with Crippen molar-refractivity contribution in [2.24, 2.45) is 5.73 Å². The molecule has 0 aliphatic carbocycles. The number of nitrogens with two attached hydrogens (primary N) is 1. The molecule has 0 heterocycles. The van der Waals surface area contributed by atoms with Crippen LogP contribution in [0, 0.1) is 0 Å². The summed E-state index contributed by atoms with van der Waals surface area (Å²) in [5, 5.41) is 0. The second kappa shape index (κ2) is 5.51. The van der Waals surface area contributed by atoms with E-state index in [1.165, 1.54) is 0 Å². The largest absolute Gasteiger partial charge is 0.397 e. The van der Waals surface area contributed by atoms with Gasteiger partial charge in [-0.1, -0.05) is 0 Å². The Hall–Kier alpha value is -0.210. The maximum atomic E-state index is 10.3. The first-order valence-electron chi connectivity index (χ1n) is 3.82. The van der Waals surface area contributed by atoms with E-state index in [4.69, 9.17) is 15.0 Å². The van der Waals surface area contributed by atoms with Crippen molar-refractivity contribution in [3.8, 4) is 0 Å². The van der Waals surface area contributed by atoms with Crippen molar-refractivity contribution in [2.75, 3.05) is 13.2 Å². The molecule has 1 unspecified atom stereocenters. The predicted octanol–water partition coefficient (Wildman–Crippen LogP) is -0.442. The van der Waals surface area contributed by atoms with Gasteiger partial charge < -0.3 is 10.5 Å². The third kappa shape index (κ3) is 8.13. The van der Waals surface area contributed by atoms with Crippen molar-refractivity contribution in [1.29, 1.82) is 0 Å². The second-order valence-electron chi connectivity index (χ2n) is 2.76. The van der Waals surface area contributed by atoms with Gasteiger partial charge in [0.15, 0.2) is 0 Å². The molecule has 7 heteroatoms. The Kier molecular flexibility index (Phi) is 5.42. The molecule has 0 spiro atoms. The Balaban J connectivity index is 3.91. The van der Waals surface area contributed by atoms with E-state index in [-0.39, 0.29) is 19.3 Å². The number of hydrogen-bond donors (Lipinski definition) is 2. The first-order valence-corrected chi connectivity index (χ1v) is 5.19. The van der Waals surface area contributed by atoms with E-state index in [0.717, 1.165) is 0 Å². The van der Waals surface area contributed by atoms with E-state index >= 15 is 0 Å². The van der Waals surface area contributed by atoms with Gasteiger partial charge in [-0.3, -0.25) is 4.55 Å². The van der Waals surface area contributed by atoms with Crippen LogP contribution in [0.15, 0.2) is 0 Å². The topological polar surface area (TPSA) is 98.9 Å². The van der Waals surface area contributed by atoms with Crippen LogP contribution >= 0.6 is 0 Å². The smallest absolute Gasteiger partial charge is 0.376 e. The molecular formula is C6H15NO5S. The maximum absolute atomic E-state index is 10.3. The normalized spacial score (nSPS) is 14.8. The molecular weight excluding hydrogens is 198 g/mol. The summed E-state index contributed by atoms with van der Waals surface area (Å²) < 4.78 is 38.1. The molecule has 0 saturated heterocycles. The zero-order valence-electron chi connectivity index (χ0n) is 7.63. The highest BCUT2D eigenvalue weighted by Crippen LogP contribution is 1.99. The van der Waals surface area contributed by atoms with Crippen molar-refractivity contribution in [3.05, 3.63) is 0 Å². The minimum absolute atomic E-state index is 0.0352. The first-order chi connectivity index (χ1) is 5.85. The highest BCUT2D eigenvalue weighted by Gasteiger charge is 2.16. The molecule has 0 fully saturated rings. The molecule has 0 bridgehead atoms. The summed E-state index contributed by atoms with van der Waals surface area (Å²) in [6, 6.07) is 0. The van der Waals surface area contributed by atoms with Crippen LogP contribution in [0.5, 0.6) is 0 Å². The van der Waals surface area contributed by atoms with Crippen LogP contribution in [0.1, 0.15) is 13.8 Å². The number of ether oxygens (including phenoxy) is 1. The third-order valence-corrected chi connectivity index (χ3v) is 1.65. The molecule has 0 aliphatic heterocycles. The van der Waals surface area contributed by atoms with Gasteiger partial charge in [0, 0.05) is 6.54 Å². The number of hydrogen-bond acceptors (Lipinski definition) is 5. The van der Waals surface area contributed by atoms with Crippen LogP contribution in [0.4, 0.5) is 0 Å². The summed E-state index contributed by atoms with van der Waals surface area (Å²) in [4.78, 5) is 0. The first kappa shape index (κ1) is 12.8. The van der Waals surface area contributed by atoms with E-state index in [0.29, 0.717) is 0 Å². The lowest BCUT2D eigenvalue weighted by molar-refractivity contribution is 0.0179. The molecule has 3 N–H and O–H groups in total. The van der Waals surface area contributed by atoms with Crippen LogP contribution < -0.4 is 5.73 Å². The summed E-state index contributed by atoms with van der Waals surface area (Å²) in [6.07, 6.45) is -0.878. The van der Waals surface area contributed by atoms with Crippen LogP contribution in [0.2, 0.25) is 0 Å². The lowest BCUT2D eigenvalue weighted by Gasteiger charge is -2.15. The summed E-state index contributed by atoms with van der Waals surface area (Å²) in [7, 11) is -4.44. The zero-order valence-corrected chi connectivity index (χ0v) is 8.45. The molecule has 0 radical (unpaired) electrons. The van der Waals surface area contributed by atoms with Crippen LogP contribution in [0.3, 0.4) is 0 Å². The highest BCUT2D eigenvalue weighted by molar-refractivity contribution is 7.80. The van der Waals surface area contributed by atoms with Crippen molar-refractivity contribution >= 4 is 10.4 Å². The molecule has 0 aromatic rings. The standard InChI is InChI=1S/C6H15NO5S/c1-5(2)11-4-6(3-7)12-13(8,9)10/h5-6H,3-4,7H2,1-2H3,(H,8,9,10). The molecule has 0 aromatic heterocycles.